The van der Waals surface area contributed by atoms with Gasteiger partial charge < -0.3 is 5.32 Å². The summed E-state index contributed by atoms with van der Waals surface area (Å²) in [6.07, 6.45) is 0.770. The Hall–Kier alpha value is -0.730. The van der Waals surface area contributed by atoms with E-state index in [-0.39, 0.29) is 5.91 Å². The molecule has 0 heterocycles. The van der Waals surface area contributed by atoms with E-state index in [0.717, 1.165) is 12.0 Å². The molecule has 0 saturated heterocycles. The van der Waals surface area contributed by atoms with Gasteiger partial charge in [-0.1, -0.05) is 24.6 Å². The monoisotopic (exact) mass is 273 g/mol. The fraction of sp³-hybridized carbons (Fsp3) is 0.462. The Balaban J connectivity index is 2.90. The molecule has 1 amide bonds. The summed E-state index contributed by atoms with van der Waals surface area (Å²) in [7, 11) is 0. The summed E-state index contributed by atoms with van der Waals surface area (Å²) in [4.78, 5) is 12.1. The molecule has 0 aliphatic carbocycles. The Kier molecular flexibility index (Phi) is 4.84. The molecule has 94 valence electrons. The number of benzene rings is 1. The topological polar surface area (TPSA) is 29.1 Å². The Morgan fingerprint density at radius 1 is 1.47 bits per heavy atom. The highest BCUT2D eigenvalue weighted by Crippen LogP contribution is 2.19. The summed E-state index contributed by atoms with van der Waals surface area (Å²) in [5.41, 5.74) is 1.12. The average Bonchev–Trinajstić information content (AvgIpc) is 2.28. The molecule has 1 aromatic carbocycles. The Bertz CT molecular complexity index is 414. The maximum Gasteiger partial charge on any atom is 0.253 e. The summed E-state index contributed by atoms with van der Waals surface area (Å²) >= 11 is 11.9. The second-order valence-electron chi connectivity index (χ2n) is 4.49. The van der Waals surface area contributed by atoms with Crippen molar-refractivity contribution in [3.05, 3.63) is 34.3 Å². The van der Waals surface area contributed by atoms with Crippen LogP contribution >= 0.6 is 23.2 Å². The van der Waals surface area contributed by atoms with E-state index < -0.39 is 5.54 Å². The van der Waals surface area contributed by atoms with Crippen molar-refractivity contribution in [3.8, 4) is 0 Å². The number of alkyl halides is 1. The smallest absolute Gasteiger partial charge is 0.253 e. The number of rotatable bonds is 4. The van der Waals surface area contributed by atoms with Gasteiger partial charge in [0.05, 0.1) is 16.1 Å². The fourth-order valence-corrected chi connectivity index (χ4v) is 1.94. The molecule has 17 heavy (non-hydrogen) atoms. The van der Waals surface area contributed by atoms with Crippen LogP contribution in [0.25, 0.3) is 0 Å². The van der Waals surface area contributed by atoms with Gasteiger partial charge in [0.2, 0.25) is 0 Å². The van der Waals surface area contributed by atoms with Gasteiger partial charge in [0, 0.05) is 5.88 Å². The number of carbonyl (C=O) groups excluding carboxylic acids is 1. The standard InChI is InChI=1S/C13H17Cl2NO/c1-4-13(3,8-14)16-12(17)10-6-5-9(2)7-11(10)15/h5-7H,4,8H2,1-3H3,(H,16,17). The third kappa shape index (κ3) is 3.62. The zero-order chi connectivity index (χ0) is 13.1. The van der Waals surface area contributed by atoms with Crippen LogP contribution in [0.5, 0.6) is 0 Å². The zero-order valence-corrected chi connectivity index (χ0v) is 11.8. The summed E-state index contributed by atoms with van der Waals surface area (Å²) in [5, 5.41) is 3.38. The van der Waals surface area contributed by atoms with Gasteiger partial charge in [0.1, 0.15) is 0 Å². The van der Waals surface area contributed by atoms with Crippen LogP contribution in [0, 0.1) is 6.92 Å². The third-order valence-corrected chi connectivity index (χ3v) is 3.76. The Labute approximate surface area is 112 Å². The Morgan fingerprint density at radius 2 is 2.12 bits per heavy atom. The van der Waals surface area contributed by atoms with Crippen molar-refractivity contribution in [1.82, 2.24) is 5.32 Å². The predicted molar refractivity (Wildman–Crippen MR) is 73.1 cm³/mol. The van der Waals surface area contributed by atoms with Crippen molar-refractivity contribution >= 4 is 29.1 Å². The first kappa shape index (κ1) is 14.3. The molecule has 0 radical (unpaired) electrons. The molecule has 0 fully saturated rings. The van der Waals surface area contributed by atoms with E-state index in [1.54, 1.807) is 12.1 Å². The maximum absolute atomic E-state index is 12.1. The molecule has 0 aliphatic rings. The summed E-state index contributed by atoms with van der Waals surface area (Å²) < 4.78 is 0. The minimum absolute atomic E-state index is 0.181. The van der Waals surface area contributed by atoms with Crippen LogP contribution < -0.4 is 5.32 Å². The number of hydrogen-bond donors (Lipinski definition) is 1. The van der Waals surface area contributed by atoms with Crippen molar-refractivity contribution in [3.63, 3.8) is 0 Å². The first-order valence-corrected chi connectivity index (χ1v) is 6.48. The van der Waals surface area contributed by atoms with E-state index in [9.17, 15) is 4.79 Å². The second kappa shape index (κ2) is 5.74. The normalized spacial score (nSPS) is 14.2. The van der Waals surface area contributed by atoms with Crippen molar-refractivity contribution in [1.29, 1.82) is 0 Å². The SMILES string of the molecule is CCC(C)(CCl)NC(=O)c1ccc(C)cc1Cl. The fourth-order valence-electron chi connectivity index (χ4n) is 1.36. The van der Waals surface area contributed by atoms with E-state index in [4.69, 9.17) is 23.2 Å². The predicted octanol–water partition coefficient (Wildman–Crippen LogP) is 3.79. The van der Waals surface area contributed by atoms with E-state index in [0.29, 0.717) is 16.5 Å². The van der Waals surface area contributed by atoms with Crippen LogP contribution in [0.4, 0.5) is 0 Å². The van der Waals surface area contributed by atoms with Crippen molar-refractivity contribution in [2.24, 2.45) is 0 Å². The first-order valence-electron chi connectivity index (χ1n) is 5.56. The number of aryl methyl sites for hydroxylation is 1. The molecule has 1 N–H and O–H groups in total. The van der Waals surface area contributed by atoms with Gasteiger partial charge >= 0.3 is 0 Å². The second-order valence-corrected chi connectivity index (χ2v) is 5.16. The van der Waals surface area contributed by atoms with Gasteiger partial charge in [0.25, 0.3) is 5.91 Å². The lowest BCUT2D eigenvalue weighted by molar-refractivity contribution is 0.0912. The molecule has 0 bridgehead atoms. The average molecular weight is 274 g/mol. The van der Waals surface area contributed by atoms with Gasteiger partial charge in [-0.3, -0.25) is 4.79 Å². The molecule has 0 aromatic heterocycles. The van der Waals surface area contributed by atoms with Crippen LogP contribution in [0.1, 0.15) is 36.2 Å². The first-order chi connectivity index (χ1) is 7.91. The number of halogens is 2. The molecular formula is C13H17Cl2NO. The number of hydrogen-bond acceptors (Lipinski definition) is 1. The third-order valence-electron chi connectivity index (χ3n) is 2.86. The minimum atomic E-state index is -0.396. The van der Waals surface area contributed by atoms with Crippen molar-refractivity contribution < 1.29 is 4.79 Å². The molecule has 1 atom stereocenters. The van der Waals surface area contributed by atoms with Gasteiger partial charge in [0.15, 0.2) is 0 Å². The molecule has 2 nitrogen and oxygen atoms in total. The zero-order valence-electron chi connectivity index (χ0n) is 10.3. The largest absolute Gasteiger partial charge is 0.346 e. The van der Waals surface area contributed by atoms with Crippen LogP contribution in [-0.4, -0.2) is 17.3 Å². The molecule has 4 heteroatoms. The van der Waals surface area contributed by atoms with E-state index in [1.807, 2.05) is 26.8 Å². The highest BCUT2D eigenvalue weighted by Gasteiger charge is 2.24. The Morgan fingerprint density at radius 3 is 2.59 bits per heavy atom. The molecule has 1 rings (SSSR count). The maximum atomic E-state index is 12.1. The van der Waals surface area contributed by atoms with E-state index >= 15 is 0 Å². The van der Waals surface area contributed by atoms with Gasteiger partial charge in [-0.15, -0.1) is 11.6 Å². The molecule has 0 saturated carbocycles. The lowest BCUT2D eigenvalue weighted by Crippen LogP contribution is -2.47. The van der Waals surface area contributed by atoms with Crippen LogP contribution in [0.3, 0.4) is 0 Å². The highest BCUT2D eigenvalue weighted by atomic mass is 35.5. The molecule has 1 aromatic rings. The van der Waals surface area contributed by atoms with Crippen LogP contribution in [0.2, 0.25) is 5.02 Å². The molecule has 0 aliphatic heterocycles. The highest BCUT2D eigenvalue weighted by molar-refractivity contribution is 6.34. The lowest BCUT2D eigenvalue weighted by atomic mass is 10.0. The summed E-state index contributed by atoms with van der Waals surface area (Å²) in [6, 6.07) is 5.38. The van der Waals surface area contributed by atoms with E-state index in [1.165, 1.54) is 0 Å². The van der Waals surface area contributed by atoms with E-state index in [2.05, 4.69) is 5.32 Å². The molecule has 0 spiro atoms. The molecule has 1 unspecified atom stereocenters. The summed E-state index contributed by atoms with van der Waals surface area (Å²) in [6.45, 7) is 5.84. The summed E-state index contributed by atoms with van der Waals surface area (Å²) in [5.74, 6) is 0.193. The minimum Gasteiger partial charge on any atom is -0.346 e. The number of nitrogens with one attached hydrogen (secondary N) is 1. The van der Waals surface area contributed by atoms with Crippen molar-refractivity contribution in [2.75, 3.05) is 5.88 Å². The number of amides is 1. The van der Waals surface area contributed by atoms with Crippen LogP contribution in [0.15, 0.2) is 18.2 Å². The van der Waals surface area contributed by atoms with Gasteiger partial charge in [-0.25, -0.2) is 0 Å². The van der Waals surface area contributed by atoms with Gasteiger partial charge in [-0.05, 0) is 38.0 Å². The quantitative estimate of drug-likeness (QED) is 0.832. The lowest BCUT2D eigenvalue weighted by Gasteiger charge is -2.27. The van der Waals surface area contributed by atoms with Crippen molar-refractivity contribution in [2.45, 2.75) is 32.7 Å². The van der Waals surface area contributed by atoms with Gasteiger partial charge in [-0.2, -0.15) is 0 Å². The number of carbonyl (C=O) groups is 1. The van der Waals surface area contributed by atoms with Crippen LogP contribution in [-0.2, 0) is 0 Å². The molecular weight excluding hydrogens is 257 g/mol.